The lowest BCUT2D eigenvalue weighted by Gasteiger charge is -2.22. The highest BCUT2D eigenvalue weighted by molar-refractivity contribution is 6.96. The molecule has 0 fully saturated rings. The van der Waals surface area contributed by atoms with Gasteiger partial charge in [0.25, 0.3) is 0 Å². The summed E-state index contributed by atoms with van der Waals surface area (Å²) in [5, 5.41) is 0. The highest BCUT2D eigenvalue weighted by atomic mass is 27.2. The molecule has 3 rings (SSSR count). The third kappa shape index (κ3) is 3.85. The fourth-order valence-corrected chi connectivity index (χ4v) is 6.70. The summed E-state index contributed by atoms with van der Waals surface area (Å²) in [4.78, 5) is 0. The molecule has 0 aliphatic heterocycles. The van der Waals surface area contributed by atoms with Crippen molar-refractivity contribution in [3.63, 3.8) is 0 Å². The van der Waals surface area contributed by atoms with E-state index in [0.717, 1.165) is 7.11 Å². The van der Waals surface area contributed by atoms with Crippen molar-refractivity contribution in [2.75, 3.05) is 7.11 Å². The van der Waals surface area contributed by atoms with Crippen LogP contribution in [-0.2, 0) is 0 Å². The van der Waals surface area contributed by atoms with E-state index < -0.39 is 102 Å². The zero-order valence-corrected chi connectivity index (χ0v) is 18.1. The predicted molar refractivity (Wildman–Crippen MR) is 99.6 cm³/mol. The lowest BCUT2D eigenvalue weighted by atomic mass is 10.2. The Kier molecular flexibility index (Phi) is 6.73. The smallest absolute Gasteiger partial charge is 0.413 e. The lowest BCUT2D eigenvalue weighted by molar-refractivity contribution is 0.411. The molecular weight excluding hydrogens is 485 g/mol. The minimum atomic E-state index is -4.86. The van der Waals surface area contributed by atoms with Crippen LogP contribution in [0.4, 0.5) is 43.9 Å². The van der Waals surface area contributed by atoms with E-state index in [1.807, 2.05) is 0 Å². The number of hydrogen-bond acceptors (Lipinski definition) is 1. The van der Waals surface area contributed by atoms with E-state index >= 15 is 0 Å². The molecule has 33 heavy (non-hydrogen) atoms. The summed E-state index contributed by atoms with van der Waals surface area (Å²) in [6.07, 6.45) is 0. The van der Waals surface area contributed by atoms with Crippen LogP contribution in [0.3, 0.4) is 0 Å². The molecule has 0 aliphatic carbocycles. The topological polar surface area (TPSA) is 9.23 Å². The Hall–Kier alpha value is -2.71. The van der Waals surface area contributed by atoms with E-state index in [1.165, 1.54) is 0 Å². The first-order valence-electron chi connectivity index (χ1n) is 9.02. The molecule has 174 valence electrons. The van der Waals surface area contributed by atoms with Gasteiger partial charge in [0.15, 0.2) is 23.3 Å². The average molecular weight is 496 g/mol. The highest BCUT2D eigenvalue weighted by Gasteiger charge is 2.44. The fraction of sp³-hybridized carbons (Fsp3) is 0.143. The van der Waals surface area contributed by atoms with E-state index in [4.69, 9.17) is 4.74 Å². The van der Waals surface area contributed by atoms with Crippen molar-refractivity contribution < 1.29 is 48.6 Å². The molecular formula is C21H11AlF10O. The molecule has 0 unspecified atom stereocenters. The van der Waals surface area contributed by atoms with E-state index in [0.29, 0.717) is 19.9 Å². The normalized spacial score (nSPS) is 11.2. The molecule has 3 aromatic rings. The molecule has 0 aliphatic rings. The molecule has 0 saturated heterocycles. The Morgan fingerprint density at radius 2 is 0.909 bits per heavy atom. The van der Waals surface area contributed by atoms with E-state index in [9.17, 15) is 43.9 Å². The fourth-order valence-electron chi connectivity index (χ4n) is 3.47. The number of halogens is 10. The molecule has 0 saturated carbocycles. The molecule has 0 N–H and O–H groups in total. The van der Waals surface area contributed by atoms with Gasteiger partial charge in [0.05, 0.1) is 7.11 Å². The van der Waals surface area contributed by atoms with Crippen LogP contribution in [0.5, 0.6) is 5.75 Å². The third-order valence-corrected chi connectivity index (χ3v) is 8.48. The van der Waals surface area contributed by atoms with Crippen LogP contribution in [0.2, 0.25) is 0 Å². The van der Waals surface area contributed by atoms with Gasteiger partial charge in [-0.3, -0.25) is 0 Å². The van der Waals surface area contributed by atoms with Crippen molar-refractivity contribution >= 4 is 27.4 Å². The van der Waals surface area contributed by atoms with Crippen LogP contribution in [0.25, 0.3) is 0 Å². The zero-order chi connectivity index (χ0) is 24.9. The third-order valence-electron chi connectivity index (χ3n) is 5.18. The Morgan fingerprint density at radius 1 is 0.545 bits per heavy atom. The maximum atomic E-state index is 14.9. The number of rotatable bonds is 4. The average Bonchev–Trinajstić information content (AvgIpc) is 2.77. The summed E-state index contributed by atoms with van der Waals surface area (Å²) in [7, 11) is 0.829. The van der Waals surface area contributed by atoms with Crippen LogP contribution < -0.4 is 18.0 Å². The second-order valence-electron chi connectivity index (χ2n) is 7.03. The highest BCUT2D eigenvalue weighted by Crippen LogP contribution is 2.23. The first-order chi connectivity index (χ1) is 15.3. The molecule has 0 amide bonds. The SMILES string of the molecule is COc1cc(F)cc(F)[c]1[Al]([c]1c(F)c(F)c(C)c(F)c1F)[c]1c(F)c(F)c(C)c(F)c1F. The van der Waals surface area contributed by atoms with Crippen LogP contribution in [-0.4, -0.2) is 21.3 Å². The number of hydrogen-bond donors (Lipinski definition) is 0. The first kappa shape index (κ1) is 24.9. The van der Waals surface area contributed by atoms with Crippen molar-refractivity contribution in [2.45, 2.75) is 13.8 Å². The molecule has 0 aromatic heterocycles. The molecule has 12 heteroatoms. The molecule has 0 spiro atoms. The van der Waals surface area contributed by atoms with Crippen molar-refractivity contribution in [1.82, 2.24) is 0 Å². The summed E-state index contributed by atoms with van der Waals surface area (Å²) >= 11 is -4.86. The van der Waals surface area contributed by atoms with Crippen molar-refractivity contribution in [2.24, 2.45) is 0 Å². The van der Waals surface area contributed by atoms with Gasteiger partial charge in [-0.1, -0.05) is 0 Å². The number of ether oxygens (including phenoxy) is 1. The van der Waals surface area contributed by atoms with Crippen LogP contribution in [0, 0.1) is 72.0 Å². The van der Waals surface area contributed by atoms with Gasteiger partial charge < -0.3 is 4.74 Å². The minimum Gasteiger partial charge on any atom is -0.498 e. The van der Waals surface area contributed by atoms with Crippen LogP contribution in [0.1, 0.15) is 11.1 Å². The zero-order valence-electron chi connectivity index (χ0n) is 16.9. The van der Waals surface area contributed by atoms with Gasteiger partial charge in [0, 0.05) is 23.3 Å². The van der Waals surface area contributed by atoms with Crippen LogP contribution >= 0.6 is 0 Å². The molecule has 3 aromatic carbocycles. The van der Waals surface area contributed by atoms with Gasteiger partial charge in [-0.05, 0) is 27.1 Å². The number of methoxy groups -OCH3 is 1. The Labute approximate surface area is 184 Å². The van der Waals surface area contributed by atoms with Crippen molar-refractivity contribution in [3.05, 3.63) is 81.4 Å². The van der Waals surface area contributed by atoms with Gasteiger partial charge in [0.1, 0.15) is 40.7 Å². The predicted octanol–water partition coefficient (Wildman–Crippen LogP) is 4.22. The van der Waals surface area contributed by atoms with Crippen LogP contribution in [0.15, 0.2) is 12.1 Å². The van der Waals surface area contributed by atoms with E-state index in [-0.39, 0.29) is 6.07 Å². The minimum absolute atomic E-state index is 0.144. The summed E-state index contributed by atoms with van der Waals surface area (Å²) in [6.45, 7) is 1.31. The summed E-state index contributed by atoms with van der Waals surface area (Å²) < 4.78 is 146. The lowest BCUT2D eigenvalue weighted by Crippen LogP contribution is -2.59. The second-order valence-corrected chi connectivity index (χ2v) is 9.62. The van der Waals surface area contributed by atoms with Gasteiger partial charge in [-0.25, -0.2) is 43.9 Å². The number of benzene rings is 3. The quantitative estimate of drug-likeness (QED) is 0.299. The van der Waals surface area contributed by atoms with E-state index in [1.54, 1.807) is 0 Å². The summed E-state index contributed by atoms with van der Waals surface area (Å²) in [6, 6.07) is 0.608. The van der Waals surface area contributed by atoms with Gasteiger partial charge >= 0.3 is 14.1 Å². The maximum Gasteiger partial charge on any atom is 0.413 e. The first-order valence-corrected chi connectivity index (χ1v) is 10.8. The van der Waals surface area contributed by atoms with Gasteiger partial charge in [-0.15, -0.1) is 0 Å². The largest absolute Gasteiger partial charge is 0.498 e. The summed E-state index contributed by atoms with van der Waals surface area (Å²) in [5.41, 5.74) is -2.29. The molecule has 0 bridgehead atoms. The molecule has 0 atom stereocenters. The van der Waals surface area contributed by atoms with E-state index in [2.05, 4.69) is 0 Å². The maximum absolute atomic E-state index is 14.9. The molecule has 0 radical (unpaired) electrons. The van der Waals surface area contributed by atoms with Crippen molar-refractivity contribution in [3.8, 4) is 5.75 Å². The van der Waals surface area contributed by atoms with Gasteiger partial charge in [0.2, 0.25) is 0 Å². The Morgan fingerprint density at radius 3 is 1.24 bits per heavy atom. The Bertz CT molecular complexity index is 1160. The standard InChI is InChI=1S/2C7H3F4.C7H5F2O.Al/c2*1-3-6(10)4(8)2-5(9)7(3)11;1-10-7-3-5(8)2-6(9)4-7;/h2*1H3;2-3H,1H3;. The molecule has 0 heterocycles. The monoisotopic (exact) mass is 496 g/mol. The molecule has 1 nitrogen and oxygen atoms in total. The van der Waals surface area contributed by atoms with Gasteiger partial charge in [-0.2, -0.15) is 0 Å². The Balaban J connectivity index is 2.62. The van der Waals surface area contributed by atoms with Crippen molar-refractivity contribution in [1.29, 1.82) is 0 Å². The second kappa shape index (κ2) is 8.91. The summed E-state index contributed by atoms with van der Waals surface area (Å²) in [5.74, 6) is -20.4.